The Labute approximate surface area is 110 Å². The van der Waals surface area contributed by atoms with Crippen molar-refractivity contribution < 1.29 is 4.74 Å². The third-order valence-corrected chi connectivity index (χ3v) is 5.41. The first kappa shape index (κ1) is 12.6. The van der Waals surface area contributed by atoms with E-state index in [1.54, 1.807) is 11.3 Å². The average molecular weight is 303 g/mol. The Hall–Kier alpha value is 0.140. The summed E-state index contributed by atoms with van der Waals surface area (Å²) >= 11 is 5.63. The van der Waals surface area contributed by atoms with Crippen LogP contribution in [0.4, 0.5) is 0 Å². The summed E-state index contributed by atoms with van der Waals surface area (Å²) in [7, 11) is 0. The topological polar surface area (TPSA) is 9.23 Å². The second kappa shape index (κ2) is 5.19. The molecular weight excluding hydrogens is 284 g/mol. The molecule has 0 bridgehead atoms. The number of rotatable bonds is 3. The molecule has 2 rings (SSSR count). The minimum absolute atomic E-state index is 0.369. The summed E-state index contributed by atoms with van der Waals surface area (Å²) in [5, 5.41) is 4.39. The highest BCUT2D eigenvalue weighted by Crippen LogP contribution is 2.38. The fourth-order valence-corrected chi connectivity index (χ4v) is 4.65. The predicted octanol–water partition coefficient (Wildman–Crippen LogP) is 4.11. The molecule has 1 aromatic rings. The maximum absolute atomic E-state index is 5.90. The lowest BCUT2D eigenvalue weighted by molar-refractivity contribution is 0.0511. The van der Waals surface area contributed by atoms with Crippen LogP contribution in [0.1, 0.15) is 26.3 Å². The minimum Gasteiger partial charge on any atom is -0.375 e. The molecule has 5 unspecified atom stereocenters. The maximum Gasteiger partial charge on any atom is 0.0593 e. The first-order chi connectivity index (χ1) is 7.59. The minimum atomic E-state index is 0.369. The van der Waals surface area contributed by atoms with Gasteiger partial charge in [0.2, 0.25) is 0 Å². The second-order valence-electron chi connectivity index (χ2n) is 4.83. The fraction of sp³-hybridized carbons (Fsp3) is 0.692. The first-order valence-electron chi connectivity index (χ1n) is 5.90. The predicted molar refractivity (Wildman–Crippen MR) is 73.4 cm³/mol. The zero-order chi connectivity index (χ0) is 11.7. The average Bonchev–Trinajstić information content (AvgIpc) is 2.77. The van der Waals surface area contributed by atoms with Crippen LogP contribution in [-0.4, -0.2) is 17.0 Å². The van der Waals surface area contributed by atoms with E-state index in [1.165, 1.54) is 5.56 Å². The zero-order valence-corrected chi connectivity index (χ0v) is 12.4. The van der Waals surface area contributed by atoms with Gasteiger partial charge in [0.05, 0.1) is 12.2 Å². The van der Waals surface area contributed by atoms with Crippen molar-refractivity contribution in [3.8, 4) is 0 Å². The lowest BCUT2D eigenvalue weighted by Crippen LogP contribution is -2.28. The number of thiophene rings is 1. The van der Waals surface area contributed by atoms with Crippen LogP contribution in [0.3, 0.4) is 0 Å². The van der Waals surface area contributed by atoms with Crippen molar-refractivity contribution in [3.05, 3.63) is 22.4 Å². The second-order valence-corrected chi connectivity index (χ2v) is 6.79. The van der Waals surface area contributed by atoms with Crippen LogP contribution in [0, 0.1) is 11.8 Å². The highest BCUT2D eigenvalue weighted by atomic mass is 79.9. The standard InChI is InChI=1S/C13H19BrOS/c1-8-9(2)15-10(3)13(8)12(14)6-11-4-5-16-7-11/h4-5,7-10,12-13H,6H2,1-3H3. The van der Waals surface area contributed by atoms with E-state index in [4.69, 9.17) is 4.74 Å². The van der Waals surface area contributed by atoms with Crippen LogP contribution in [0.25, 0.3) is 0 Å². The van der Waals surface area contributed by atoms with Gasteiger partial charge in [-0.3, -0.25) is 0 Å². The Morgan fingerprint density at radius 1 is 1.38 bits per heavy atom. The summed E-state index contributed by atoms with van der Waals surface area (Å²) in [5.74, 6) is 1.26. The third-order valence-electron chi connectivity index (χ3n) is 3.75. The molecule has 3 heteroatoms. The van der Waals surface area contributed by atoms with Crippen molar-refractivity contribution >= 4 is 27.3 Å². The maximum atomic E-state index is 5.90. The number of hydrogen-bond donors (Lipinski definition) is 0. The number of ether oxygens (including phenoxy) is 1. The quantitative estimate of drug-likeness (QED) is 0.763. The summed E-state index contributed by atoms with van der Waals surface area (Å²) < 4.78 is 5.90. The van der Waals surface area contributed by atoms with Gasteiger partial charge in [0.15, 0.2) is 0 Å². The van der Waals surface area contributed by atoms with Gasteiger partial charge in [0.25, 0.3) is 0 Å². The molecule has 1 fully saturated rings. The molecular formula is C13H19BrOS. The highest BCUT2D eigenvalue weighted by Gasteiger charge is 2.40. The van der Waals surface area contributed by atoms with Gasteiger partial charge in [0, 0.05) is 10.7 Å². The Balaban J connectivity index is 2.01. The lowest BCUT2D eigenvalue weighted by atomic mass is 9.85. The SMILES string of the molecule is CC1OC(C)C(C(Br)Cc2ccsc2)C1C. The van der Waals surface area contributed by atoms with E-state index < -0.39 is 0 Å². The molecule has 0 aliphatic carbocycles. The van der Waals surface area contributed by atoms with Crippen molar-refractivity contribution in [2.75, 3.05) is 0 Å². The molecule has 0 N–H and O–H groups in total. The van der Waals surface area contributed by atoms with Crippen LogP contribution < -0.4 is 0 Å². The van der Waals surface area contributed by atoms with E-state index in [9.17, 15) is 0 Å². The molecule has 0 aromatic carbocycles. The van der Waals surface area contributed by atoms with Gasteiger partial charge in [-0.1, -0.05) is 22.9 Å². The van der Waals surface area contributed by atoms with E-state index in [-0.39, 0.29) is 0 Å². The van der Waals surface area contributed by atoms with Gasteiger partial charge < -0.3 is 4.74 Å². The highest BCUT2D eigenvalue weighted by molar-refractivity contribution is 9.09. The largest absolute Gasteiger partial charge is 0.375 e. The van der Waals surface area contributed by atoms with Crippen LogP contribution in [0.5, 0.6) is 0 Å². The number of alkyl halides is 1. The summed E-state index contributed by atoms with van der Waals surface area (Å²) in [5.41, 5.74) is 1.44. The van der Waals surface area contributed by atoms with Crippen LogP contribution >= 0.6 is 27.3 Å². The molecule has 90 valence electrons. The van der Waals surface area contributed by atoms with Gasteiger partial charge in [-0.25, -0.2) is 0 Å². The molecule has 16 heavy (non-hydrogen) atoms. The van der Waals surface area contributed by atoms with Crippen LogP contribution in [-0.2, 0) is 11.2 Å². The van der Waals surface area contributed by atoms with Gasteiger partial charge in [-0.05, 0) is 48.6 Å². The van der Waals surface area contributed by atoms with E-state index in [1.807, 2.05) is 0 Å². The van der Waals surface area contributed by atoms with Crippen LogP contribution in [0.2, 0.25) is 0 Å². The van der Waals surface area contributed by atoms with E-state index in [0.717, 1.165) is 6.42 Å². The monoisotopic (exact) mass is 302 g/mol. The van der Waals surface area contributed by atoms with Crippen molar-refractivity contribution in [1.29, 1.82) is 0 Å². The summed E-state index contributed by atoms with van der Waals surface area (Å²) in [6.45, 7) is 6.69. The molecule has 5 atom stereocenters. The van der Waals surface area contributed by atoms with Crippen molar-refractivity contribution in [2.45, 2.75) is 44.2 Å². The molecule has 0 amide bonds. The normalized spacial score (nSPS) is 36.5. The number of hydrogen-bond acceptors (Lipinski definition) is 2. The van der Waals surface area contributed by atoms with Gasteiger partial charge in [0.1, 0.15) is 0 Å². The summed E-state index contributed by atoms with van der Waals surface area (Å²) in [4.78, 5) is 0.525. The fourth-order valence-electron chi connectivity index (χ4n) is 2.69. The van der Waals surface area contributed by atoms with E-state index in [2.05, 4.69) is 53.5 Å². The molecule has 1 nitrogen and oxygen atoms in total. The molecule has 1 saturated heterocycles. The van der Waals surface area contributed by atoms with E-state index in [0.29, 0.717) is 28.9 Å². The molecule has 1 aromatic heterocycles. The molecule has 1 aliphatic heterocycles. The molecule has 1 aliphatic rings. The Bertz CT molecular complexity index is 325. The van der Waals surface area contributed by atoms with Gasteiger partial charge in [-0.2, -0.15) is 11.3 Å². The van der Waals surface area contributed by atoms with Crippen LogP contribution in [0.15, 0.2) is 16.8 Å². The molecule has 0 radical (unpaired) electrons. The van der Waals surface area contributed by atoms with Crippen molar-refractivity contribution in [1.82, 2.24) is 0 Å². The third kappa shape index (κ3) is 2.52. The van der Waals surface area contributed by atoms with Crippen molar-refractivity contribution in [2.24, 2.45) is 11.8 Å². The Morgan fingerprint density at radius 3 is 2.62 bits per heavy atom. The summed E-state index contributed by atoms with van der Waals surface area (Å²) in [6.07, 6.45) is 1.87. The smallest absolute Gasteiger partial charge is 0.0593 e. The van der Waals surface area contributed by atoms with Gasteiger partial charge >= 0.3 is 0 Å². The Morgan fingerprint density at radius 2 is 2.12 bits per heavy atom. The molecule has 0 spiro atoms. The van der Waals surface area contributed by atoms with Crippen molar-refractivity contribution in [3.63, 3.8) is 0 Å². The molecule has 0 saturated carbocycles. The Kier molecular flexibility index (Phi) is 4.09. The summed E-state index contributed by atoms with van der Waals surface area (Å²) in [6, 6.07) is 2.22. The lowest BCUT2D eigenvalue weighted by Gasteiger charge is -2.24. The van der Waals surface area contributed by atoms with Gasteiger partial charge in [-0.15, -0.1) is 0 Å². The zero-order valence-electron chi connectivity index (χ0n) is 10.0. The first-order valence-corrected chi connectivity index (χ1v) is 7.76. The van der Waals surface area contributed by atoms with E-state index >= 15 is 0 Å². The molecule has 2 heterocycles. The number of halogens is 1.